The molecular formula is C3H7NaO3Ti. The second-order valence-corrected chi connectivity index (χ2v) is 1.01. The molecule has 0 radical (unpaired) electrons. The Morgan fingerprint density at radius 2 is 1.75 bits per heavy atom. The summed E-state index contributed by atoms with van der Waals surface area (Å²) < 4.78 is 0. The first kappa shape index (κ1) is 16.1. The van der Waals surface area contributed by atoms with E-state index in [1.807, 2.05) is 0 Å². The summed E-state index contributed by atoms with van der Waals surface area (Å²) in [4.78, 5) is 9.45. The van der Waals surface area contributed by atoms with E-state index >= 15 is 0 Å². The van der Waals surface area contributed by atoms with E-state index in [-0.39, 0.29) is 51.3 Å². The van der Waals surface area contributed by atoms with Gasteiger partial charge in [0.05, 0.1) is 0 Å². The number of aliphatic carboxylic acids is 1. The van der Waals surface area contributed by atoms with Gasteiger partial charge in [-0.3, -0.25) is 0 Å². The maximum atomic E-state index is 9.45. The van der Waals surface area contributed by atoms with Gasteiger partial charge < -0.3 is 10.2 Å². The van der Waals surface area contributed by atoms with Crippen molar-refractivity contribution in [3.8, 4) is 0 Å². The van der Waals surface area contributed by atoms with Crippen molar-refractivity contribution < 1.29 is 36.7 Å². The number of aliphatic hydroxyl groups excluding tert-OH is 1. The number of hydrogen-bond acceptors (Lipinski definition) is 2. The molecule has 1 unspecified atom stereocenters. The molecule has 0 heterocycles. The molecule has 0 aliphatic carbocycles. The molecule has 0 amide bonds. The van der Waals surface area contributed by atoms with Gasteiger partial charge in [0.25, 0.3) is 0 Å². The molecule has 0 rings (SSSR count). The summed E-state index contributed by atoms with van der Waals surface area (Å²) in [5, 5.41) is 15.8. The fraction of sp³-hybridized carbons (Fsp3) is 0.667. The topological polar surface area (TPSA) is 57.5 Å². The third kappa shape index (κ3) is 10.2. The van der Waals surface area contributed by atoms with E-state index in [1.54, 1.807) is 0 Å². The molecule has 0 aromatic rings. The van der Waals surface area contributed by atoms with E-state index < -0.39 is 12.1 Å². The average molecular weight is 162 g/mol. The summed E-state index contributed by atoms with van der Waals surface area (Å²) >= 11 is 0. The minimum atomic E-state index is -1.23. The zero-order chi connectivity index (χ0) is 5.15. The molecule has 42 valence electrons. The van der Waals surface area contributed by atoms with Crippen LogP contribution in [-0.2, 0) is 26.5 Å². The first-order valence-corrected chi connectivity index (χ1v) is 1.55. The molecule has 1 atom stereocenters. The van der Waals surface area contributed by atoms with Crippen molar-refractivity contribution >= 4 is 35.5 Å². The predicted octanol–water partition coefficient (Wildman–Crippen LogP) is -1.20. The normalized spacial score (nSPS) is 10.2. The molecule has 8 heavy (non-hydrogen) atoms. The van der Waals surface area contributed by atoms with Crippen molar-refractivity contribution in [3.05, 3.63) is 0 Å². The quantitative estimate of drug-likeness (QED) is 0.476. The molecule has 5 heteroatoms. The van der Waals surface area contributed by atoms with Crippen molar-refractivity contribution in [3.63, 3.8) is 0 Å². The Labute approximate surface area is 84.6 Å². The van der Waals surface area contributed by atoms with E-state index in [0.29, 0.717) is 0 Å². The molecule has 0 saturated heterocycles. The number of carboxylic acids is 1. The Balaban J connectivity index is -0.000000125. The number of carbonyl (C=O) groups is 1. The molecule has 0 aliphatic rings. The van der Waals surface area contributed by atoms with Gasteiger partial charge in [0.2, 0.25) is 0 Å². The molecule has 0 fully saturated rings. The molecule has 0 aromatic heterocycles. The molecule has 0 saturated carbocycles. The van der Waals surface area contributed by atoms with Crippen LogP contribution in [-0.4, -0.2) is 51.8 Å². The smallest absolute Gasteiger partial charge is 0 e. The minimum absolute atomic E-state index is 0. The van der Waals surface area contributed by atoms with E-state index in [1.165, 1.54) is 6.92 Å². The van der Waals surface area contributed by atoms with E-state index in [2.05, 4.69) is 0 Å². The third-order valence-corrected chi connectivity index (χ3v) is 0.357. The maximum Gasteiger partial charge on any atom is 0 e. The van der Waals surface area contributed by atoms with Gasteiger partial charge in [0.1, 0.15) is 6.10 Å². The molecule has 0 bridgehead atoms. The van der Waals surface area contributed by atoms with Gasteiger partial charge >= 0.3 is 35.5 Å². The number of aliphatic hydroxyl groups is 1. The summed E-state index contributed by atoms with van der Waals surface area (Å²) in [6.45, 7) is 1.20. The molecular weight excluding hydrogens is 155 g/mol. The largest absolute Gasteiger partial charge is 0 e. The monoisotopic (exact) mass is 162 g/mol. The third-order valence-electron chi connectivity index (χ3n) is 0.357. The van der Waals surface area contributed by atoms with Crippen LogP contribution < -0.4 is 0 Å². The number of rotatable bonds is 1. The maximum absolute atomic E-state index is 9.45. The SMILES string of the molecule is CC(O)C(=O)O.[NaH].[Ti]. The van der Waals surface area contributed by atoms with Crippen molar-refractivity contribution in [1.29, 1.82) is 0 Å². The van der Waals surface area contributed by atoms with Crippen LogP contribution >= 0.6 is 0 Å². The standard InChI is InChI=1S/C3H6O3.Na.Ti.H/c1-2(4)3(5)6;;;/h2,4H,1H3,(H,5,6);;;. The van der Waals surface area contributed by atoms with Crippen LogP contribution in [0.2, 0.25) is 0 Å². The average Bonchev–Trinajstić information content (AvgIpc) is 1.36. The fourth-order valence-corrected chi connectivity index (χ4v) is 0. The molecule has 2 N–H and O–H groups in total. The van der Waals surface area contributed by atoms with Crippen LogP contribution in [0, 0.1) is 0 Å². The van der Waals surface area contributed by atoms with Gasteiger partial charge in [0, 0.05) is 21.7 Å². The van der Waals surface area contributed by atoms with Crippen LogP contribution in [0.1, 0.15) is 6.92 Å². The van der Waals surface area contributed by atoms with Crippen LogP contribution in [0.25, 0.3) is 0 Å². The van der Waals surface area contributed by atoms with Crippen molar-refractivity contribution in [1.82, 2.24) is 0 Å². The fourth-order valence-electron chi connectivity index (χ4n) is 0. The van der Waals surface area contributed by atoms with Gasteiger partial charge in [-0.25, -0.2) is 4.79 Å². The molecule has 3 nitrogen and oxygen atoms in total. The predicted molar refractivity (Wildman–Crippen MR) is 26.5 cm³/mol. The number of hydrogen-bond donors (Lipinski definition) is 2. The zero-order valence-electron chi connectivity index (χ0n) is 3.88. The first-order valence-electron chi connectivity index (χ1n) is 1.55. The number of carboxylic acid groups (broad SMARTS) is 1. The van der Waals surface area contributed by atoms with E-state index in [0.717, 1.165) is 0 Å². The first-order chi connectivity index (χ1) is 2.64. The summed E-state index contributed by atoms with van der Waals surface area (Å²) in [6.07, 6.45) is -1.23. The van der Waals surface area contributed by atoms with Crippen LogP contribution in [0.4, 0.5) is 0 Å². The summed E-state index contributed by atoms with van der Waals surface area (Å²) in [6, 6.07) is 0. The van der Waals surface area contributed by atoms with Gasteiger partial charge in [-0.05, 0) is 6.92 Å². The summed E-state index contributed by atoms with van der Waals surface area (Å²) in [5.74, 6) is -1.19. The minimum Gasteiger partial charge on any atom is 0 e. The van der Waals surface area contributed by atoms with Crippen LogP contribution in [0.3, 0.4) is 0 Å². The Hall–Kier alpha value is 1.14. The van der Waals surface area contributed by atoms with Gasteiger partial charge in [-0.1, -0.05) is 0 Å². The van der Waals surface area contributed by atoms with Gasteiger partial charge in [-0.2, -0.15) is 0 Å². The summed E-state index contributed by atoms with van der Waals surface area (Å²) in [5.41, 5.74) is 0. The van der Waals surface area contributed by atoms with Crippen molar-refractivity contribution in [2.45, 2.75) is 13.0 Å². The van der Waals surface area contributed by atoms with Crippen molar-refractivity contribution in [2.75, 3.05) is 0 Å². The van der Waals surface area contributed by atoms with Crippen LogP contribution in [0.15, 0.2) is 0 Å². The van der Waals surface area contributed by atoms with Gasteiger partial charge in [0.15, 0.2) is 0 Å². The Bertz CT molecular complexity index is 65.5. The molecule has 0 aromatic carbocycles. The Morgan fingerprint density at radius 3 is 1.75 bits per heavy atom. The second-order valence-electron chi connectivity index (χ2n) is 1.01. The molecule has 0 aliphatic heterocycles. The second kappa shape index (κ2) is 8.14. The van der Waals surface area contributed by atoms with E-state index in [9.17, 15) is 4.79 Å². The summed E-state index contributed by atoms with van der Waals surface area (Å²) in [7, 11) is 0. The Morgan fingerprint density at radius 1 is 1.62 bits per heavy atom. The van der Waals surface area contributed by atoms with Crippen molar-refractivity contribution in [2.24, 2.45) is 0 Å². The Kier molecular flexibility index (Phi) is 16.4. The van der Waals surface area contributed by atoms with E-state index in [4.69, 9.17) is 10.2 Å². The zero-order valence-corrected chi connectivity index (χ0v) is 5.44. The van der Waals surface area contributed by atoms with Crippen LogP contribution in [0.5, 0.6) is 0 Å². The molecule has 0 spiro atoms. The van der Waals surface area contributed by atoms with Gasteiger partial charge in [-0.15, -0.1) is 0 Å².